The maximum Gasteiger partial charge on any atom is 0.144 e. The first-order chi connectivity index (χ1) is 12.5. The van der Waals surface area contributed by atoms with E-state index < -0.39 is 34.4 Å². The third kappa shape index (κ3) is 4.73. The van der Waals surface area contributed by atoms with Crippen LogP contribution in [0.3, 0.4) is 0 Å². The lowest BCUT2D eigenvalue weighted by molar-refractivity contribution is 0.0978. The van der Waals surface area contributed by atoms with Gasteiger partial charge in [-0.3, -0.25) is 0 Å². The number of hydrogen-bond acceptors (Lipinski definition) is 3. The highest BCUT2D eigenvalue weighted by Gasteiger charge is 2.18. The fourth-order valence-corrected chi connectivity index (χ4v) is 2.30. The van der Waals surface area contributed by atoms with Gasteiger partial charge in [0.15, 0.2) is 0 Å². The normalized spacial score (nSPS) is 10.6. The fourth-order valence-electron chi connectivity index (χ4n) is 2.30. The number of nitriles is 1. The zero-order valence-electron chi connectivity index (χ0n) is 14.1. The highest BCUT2D eigenvalue weighted by atomic mass is 19.1. The van der Waals surface area contributed by atoms with E-state index in [1.165, 1.54) is 6.07 Å². The van der Waals surface area contributed by atoms with E-state index in [2.05, 4.69) is 0 Å². The molecule has 2 aromatic rings. The van der Waals surface area contributed by atoms with E-state index in [0.717, 1.165) is 25.0 Å². The van der Waals surface area contributed by atoms with Crippen LogP contribution in [0.15, 0.2) is 24.3 Å². The van der Waals surface area contributed by atoms with E-state index >= 15 is 0 Å². The molecular formula is C19H17F4NO2. The molecule has 3 nitrogen and oxygen atoms in total. The van der Waals surface area contributed by atoms with Gasteiger partial charge in [-0.05, 0) is 24.1 Å². The first-order valence-corrected chi connectivity index (χ1v) is 8.07. The topological polar surface area (TPSA) is 42.2 Å². The molecule has 0 saturated heterocycles. The number of ether oxygens (including phenoxy) is 2. The van der Waals surface area contributed by atoms with Crippen LogP contribution >= 0.6 is 0 Å². The summed E-state index contributed by atoms with van der Waals surface area (Å²) in [5, 5.41) is 8.65. The van der Waals surface area contributed by atoms with E-state index in [9.17, 15) is 17.6 Å². The van der Waals surface area contributed by atoms with Gasteiger partial charge in [0.05, 0.1) is 12.2 Å². The Bertz CT molecular complexity index is 772. The first kappa shape index (κ1) is 19.7. The zero-order chi connectivity index (χ0) is 19.1. The molecule has 26 heavy (non-hydrogen) atoms. The smallest absolute Gasteiger partial charge is 0.144 e. The second kappa shape index (κ2) is 9.20. The predicted molar refractivity (Wildman–Crippen MR) is 87.6 cm³/mol. The van der Waals surface area contributed by atoms with E-state index in [4.69, 9.17) is 14.7 Å². The number of nitrogens with zero attached hydrogens (tertiary/aromatic N) is 1. The summed E-state index contributed by atoms with van der Waals surface area (Å²) in [6.45, 7) is 3.00. The number of hydrogen-bond donors (Lipinski definition) is 0. The molecule has 0 aliphatic heterocycles. The van der Waals surface area contributed by atoms with Crippen LogP contribution in [0.2, 0.25) is 0 Å². The Balaban J connectivity index is 2.16. The van der Waals surface area contributed by atoms with Gasteiger partial charge < -0.3 is 9.47 Å². The van der Waals surface area contributed by atoms with Crippen LogP contribution < -0.4 is 4.74 Å². The Morgan fingerprint density at radius 3 is 2.04 bits per heavy atom. The largest absolute Gasteiger partial charge is 0.491 e. The maximum atomic E-state index is 14.3. The molecule has 0 atom stereocenters. The van der Waals surface area contributed by atoms with Gasteiger partial charge in [-0.15, -0.1) is 0 Å². The highest BCUT2D eigenvalue weighted by molar-refractivity contribution is 5.67. The molecule has 2 rings (SSSR count). The van der Waals surface area contributed by atoms with E-state index in [1.807, 2.05) is 6.92 Å². The molecule has 0 N–H and O–H groups in total. The van der Waals surface area contributed by atoms with Crippen molar-refractivity contribution in [1.29, 1.82) is 5.26 Å². The van der Waals surface area contributed by atoms with Gasteiger partial charge >= 0.3 is 0 Å². The number of unbranched alkanes of at least 4 members (excludes halogenated alkanes) is 1. The van der Waals surface area contributed by atoms with Gasteiger partial charge in [0, 0.05) is 18.7 Å². The van der Waals surface area contributed by atoms with E-state index in [1.54, 1.807) is 0 Å². The lowest BCUT2D eigenvalue weighted by Gasteiger charge is -2.11. The third-order valence-electron chi connectivity index (χ3n) is 3.60. The molecule has 0 saturated carbocycles. The molecule has 7 heteroatoms. The molecule has 2 aromatic carbocycles. The van der Waals surface area contributed by atoms with Crippen molar-refractivity contribution in [2.24, 2.45) is 0 Å². The van der Waals surface area contributed by atoms with Gasteiger partial charge in [-0.2, -0.15) is 5.26 Å². The summed E-state index contributed by atoms with van der Waals surface area (Å²) in [6.07, 6.45) is 1.91. The zero-order valence-corrected chi connectivity index (χ0v) is 14.1. The van der Waals surface area contributed by atoms with Crippen molar-refractivity contribution in [1.82, 2.24) is 0 Å². The van der Waals surface area contributed by atoms with E-state index in [-0.39, 0.29) is 24.5 Å². The minimum absolute atomic E-state index is 0.0579. The summed E-state index contributed by atoms with van der Waals surface area (Å²) in [4.78, 5) is 0. The summed E-state index contributed by atoms with van der Waals surface area (Å²) >= 11 is 0. The lowest BCUT2D eigenvalue weighted by atomic mass is 10.0. The molecule has 0 fully saturated rings. The van der Waals surface area contributed by atoms with Gasteiger partial charge in [0.2, 0.25) is 0 Å². The van der Waals surface area contributed by atoms with Crippen LogP contribution in [-0.4, -0.2) is 19.8 Å². The summed E-state index contributed by atoms with van der Waals surface area (Å²) in [7, 11) is 0. The second-order valence-corrected chi connectivity index (χ2v) is 5.50. The van der Waals surface area contributed by atoms with Crippen LogP contribution in [0.1, 0.15) is 25.3 Å². The van der Waals surface area contributed by atoms with Gasteiger partial charge in [-0.25, -0.2) is 17.6 Å². The molecule has 0 spiro atoms. The van der Waals surface area contributed by atoms with Crippen molar-refractivity contribution in [2.45, 2.75) is 19.8 Å². The quantitative estimate of drug-likeness (QED) is 0.488. The average molecular weight is 367 g/mol. The van der Waals surface area contributed by atoms with Crippen LogP contribution in [0.5, 0.6) is 5.75 Å². The van der Waals surface area contributed by atoms with Gasteiger partial charge in [0.25, 0.3) is 0 Å². The summed E-state index contributed by atoms with van der Waals surface area (Å²) in [5.74, 6) is -4.50. The third-order valence-corrected chi connectivity index (χ3v) is 3.60. The van der Waals surface area contributed by atoms with Crippen molar-refractivity contribution in [2.75, 3.05) is 19.8 Å². The number of benzene rings is 2. The van der Waals surface area contributed by atoms with Gasteiger partial charge in [0.1, 0.15) is 47.3 Å². The molecule has 0 unspecified atom stereocenters. The van der Waals surface area contributed by atoms with Crippen LogP contribution in [0.25, 0.3) is 11.1 Å². The van der Waals surface area contributed by atoms with Crippen molar-refractivity contribution < 1.29 is 27.0 Å². The minimum atomic E-state index is -1.19. The second-order valence-electron chi connectivity index (χ2n) is 5.50. The van der Waals surface area contributed by atoms with Crippen molar-refractivity contribution in [3.8, 4) is 22.9 Å². The lowest BCUT2D eigenvalue weighted by Crippen LogP contribution is -2.08. The molecule has 0 aliphatic rings. The fraction of sp³-hybridized carbons (Fsp3) is 0.316. The summed E-state index contributed by atoms with van der Waals surface area (Å²) < 4.78 is 66.4. The summed E-state index contributed by atoms with van der Waals surface area (Å²) in [6, 6.07) is 4.64. The Kier molecular flexibility index (Phi) is 6.98. The number of halogens is 4. The molecule has 138 valence electrons. The average Bonchev–Trinajstić information content (AvgIpc) is 2.57. The molecule has 0 radical (unpaired) electrons. The maximum absolute atomic E-state index is 14.3. The molecule has 0 aliphatic carbocycles. The predicted octanol–water partition coefficient (Wildman–Crippen LogP) is 4.98. The molecule has 0 aromatic heterocycles. The highest BCUT2D eigenvalue weighted by Crippen LogP contribution is 2.31. The Hall–Kier alpha value is -2.59. The van der Waals surface area contributed by atoms with Crippen molar-refractivity contribution in [3.63, 3.8) is 0 Å². The Morgan fingerprint density at radius 1 is 0.885 bits per heavy atom. The minimum Gasteiger partial charge on any atom is -0.491 e. The Labute approximate surface area is 148 Å². The van der Waals surface area contributed by atoms with Crippen molar-refractivity contribution >= 4 is 0 Å². The monoisotopic (exact) mass is 367 g/mol. The van der Waals surface area contributed by atoms with Gasteiger partial charge in [-0.1, -0.05) is 13.3 Å². The first-order valence-electron chi connectivity index (χ1n) is 8.07. The molecule has 0 amide bonds. The van der Waals surface area contributed by atoms with E-state index in [0.29, 0.717) is 18.7 Å². The van der Waals surface area contributed by atoms with Crippen LogP contribution in [0.4, 0.5) is 17.6 Å². The molecular weight excluding hydrogens is 350 g/mol. The molecule has 0 bridgehead atoms. The standard InChI is InChI=1S/C19H17F4NO2/c1-2-3-4-25-5-6-26-13-9-17(22)19(18(23)10-13)12-7-15(20)14(11-24)16(21)8-12/h7-10H,2-6H2,1H3. The van der Waals surface area contributed by atoms with Crippen molar-refractivity contribution in [3.05, 3.63) is 53.1 Å². The summed E-state index contributed by atoms with van der Waals surface area (Å²) in [5.41, 5.74) is -1.75. The van der Waals surface area contributed by atoms with Crippen LogP contribution in [-0.2, 0) is 4.74 Å². The Morgan fingerprint density at radius 2 is 1.50 bits per heavy atom. The SMILES string of the molecule is CCCCOCCOc1cc(F)c(-c2cc(F)c(C#N)c(F)c2)c(F)c1. The van der Waals surface area contributed by atoms with Crippen LogP contribution in [0, 0.1) is 34.6 Å². The number of rotatable bonds is 8. The molecule has 0 heterocycles.